The maximum Gasteiger partial charge on any atom is 0.167 e. The van der Waals surface area contributed by atoms with Crippen molar-refractivity contribution in [3.05, 3.63) is 29.3 Å². The Hall–Kier alpha value is -1.35. The van der Waals surface area contributed by atoms with Crippen LogP contribution in [-0.4, -0.2) is 24.1 Å². The molecule has 0 aromatic heterocycles. The Bertz CT molecular complexity index is 384. The zero-order chi connectivity index (χ0) is 10.8. The van der Waals surface area contributed by atoms with Crippen LogP contribution in [0.3, 0.4) is 0 Å². The highest BCUT2D eigenvalue weighted by molar-refractivity contribution is 6.00. The molecule has 2 rings (SSSR count). The average molecular weight is 206 g/mol. The third kappa shape index (κ3) is 1.88. The van der Waals surface area contributed by atoms with Gasteiger partial charge in [0.25, 0.3) is 0 Å². The summed E-state index contributed by atoms with van der Waals surface area (Å²) in [5.74, 6) is 0.639. The topological polar surface area (TPSA) is 46.5 Å². The third-order valence-electron chi connectivity index (χ3n) is 2.72. The summed E-state index contributed by atoms with van der Waals surface area (Å²) in [6.45, 7) is 2.32. The Balaban J connectivity index is 2.40. The Kier molecular flexibility index (Phi) is 2.73. The van der Waals surface area contributed by atoms with Gasteiger partial charge in [0, 0.05) is 18.9 Å². The van der Waals surface area contributed by atoms with Crippen molar-refractivity contribution < 1.29 is 14.6 Å². The first-order chi connectivity index (χ1) is 7.22. The van der Waals surface area contributed by atoms with Crippen LogP contribution >= 0.6 is 0 Å². The summed E-state index contributed by atoms with van der Waals surface area (Å²) < 4.78 is 5.52. The quantitative estimate of drug-likeness (QED) is 0.758. The molecule has 0 bridgehead atoms. The molecular formula is C12H14O3. The first-order valence-electron chi connectivity index (χ1n) is 5.09. The van der Waals surface area contributed by atoms with Gasteiger partial charge in [-0.15, -0.1) is 0 Å². The fourth-order valence-corrected chi connectivity index (χ4v) is 1.87. The maximum atomic E-state index is 11.9. The van der Waals surface area contributed by atoms with Crippen molar-refractivity contribution in [3.8, 4) is 5.75 Å². The fourth-order valence-electron chi connectivity index (χ4n) is 1.87. The number of carbonyl (C=O) groups is 1. The van der Waals surface area contributed by atoms with E-state index in [1.165, 1.54) is 0 Å². The van der Waals surface area contributed by atoms with Crippen LogP contribution in [-0.2, 0) is 0 Å². The third-order valence-corrected chi connectivity index (χ3v) is 2.72. The molecule has 0 aliphatic carbocycles. The summed E-state index contributed by atoms with van der Waals surface area (Å²) in [7, 11) is 0. The second-order valence-electron chi connectivity index (χ2n) is 3.93. The highest BCUT2D eigenvalue weighted by Crippen LogP contribution is 2.28. The molecule has 0 spiro atoms. The second kappa shape index (κ2) is 4.03. The van der Waals surface area contributed by atoms with E-state index in [0.717, 1.165) is 5.56 Å². The Morgan fingerprint density at radius 3 is 3.07 bits per heavy atom. The minimum atomic E-state index is -0.0794. The van der Waals surface area contributed by atoms with Gasteiger partial charge in [0.2, 0.25) is 0 Å². The van der Waals surface area contributed by atoms with E-state index in [9.17, 15) is 4.79 Å². The number of aliphatic hydroxyl groups excluding tert-OH is 1. The van der Waals surface area contributed by atoms with Crippen LogP contribution in [0.5, 0.6) is 5.75 Å². The van der Waals surface area contributed by atoms with Gasteiger partial charge < -0.3 is 9.84 Å². The average Bonchev–Trinajstić information content (AvgIpc) is 2.39. The molecular weight excluding hydrogens is 192 g/mol. The van der Waals surface area contributed by atoms with E-state index >= 15 is 0 Å². The molecule has 1 aliphatic heterocycles. The normalized spacial score (nSPS) is 20.4. The molecule has 3 heteroatoms. The zero-order valence-corrected chi connectivity index (χ0v) is 8.69. The molecule has 3 nitrogen and oxygen atoms in total. The van der Waals surface area contributed by atoms with Crippen LogP contribution in [0.25, 0.3) is 0 Å². The lowest BCUT2D eigenvalue weighted by Crippen LogP contribution is -2.16. The standard InChI is InChI=1S/C12H14O3/c1-8-3-2-4-11-12(8)10(14)5-9(6-13)7-15-11/h2-4,9,13H,5-7H2,1H3/t9-/m0/s1. The molecule has 80 valence electrons. The predicted molar refractivity (Wildman–Crippen MR) is 56.2 cm³/mol. The number of hydrogen-bond acceptors (Lipinski definition) is 3. The van der Waals surface area contributed by atoms with Crippen molar-refractivity contribution >= 4 is 5.78 Å². The van der Waals surface area contributed by atoms with E-state index in [2.05, 4.69) is 0 Å². The van der Waals surface area contributed by atoms with Crippen molar-refractivity contribution in [2.24, 2.45) is 5.92 Å². The molecule has 0 radical (unpaired) electrons. The fraction of sp³-hybridized carbons (Fsp3) is 0.417. The lowest BCUT2D eigenvalue weighted by molar-refractivity contribution is 0.0927. The van der Waals surface area contributed by atoms with Crippen LogP contribution in [0.1, 0.15) is 22.3 Å². The van der Waals surface area contributed by atoms with Crippen molar-refractivity contribution in [1.82, 2.24) is 0 Å². The van der Waals surface area contributed by atoms with E-state index in [1.54, 1.807) is 6.07 Å². The number of aryl methyl sites for hydroxylation is 1. The lowest BCUT2D eigenvalue weighted by atomic mass is 9.97. The van der Waals surface area contributed by atoms with Crippen LogP contribution in [0, 0.1) is 12.8 Å². The van der Waals surface area contributed by atoms with Crippen molar-refractivity contribution in [2.75, 3.05) is 13.2 Å². The highest BCUT2D eigenvalue weighted by atomic mass is 16.5. The largest absolute Gasteiger partial charge is 0.492 e. The monoisotopic (exact) mass is 206 g/mol. The van der Waals surface area contributed by atoms with Crippen molar-refractivity contribution in [3.63, 3.8) is 0 Å². The molecule has 0 saturated heterocycles. The number of rotatable bonds is 1. The predicted octanol–water partition coefficient (Wildman–Crippen LogP) is 1.57. The van der Waals surface area contributed by atoms with Crippen LogP contribution in [0.4, 0.5) is 0 Å². The van der Waals surface area contributed by atoms with Gasteiger partial charge >= 0.3 is 0 Å². The molecule has 1 aromatic rings. The molecule has 0 fully saturated rings. The lowest BCUT2D eigenvalue weighted by Gasteiger charge is -2.09. The summed E-state index contributed by atoms with van der Waals surface area (Å²) in [6.07, 6.45) is 0.369. The van der Waals surface area contributed by atoms with E-state index in [0.29, 0.717) is 24.3 Å². The summed E-state index contributed by atoms with van der Waals surface area (Å²) in [5.41, 5.74) is 1.62. The van der Waals surface area contributed by atoms with Gasteiger partial charge in [0.05, 0.1) is 12.2 Å². The Morgan fingerprint density at radius 1 is 1.53 bits per heavy atom. The molecule has 1 heterocycles. The van der Waals surface area contributed by atoms with Gasteiger partial charge in [-0.2, -0.15) is 0 Å². The van der Waals surface area contributed by atoms with Crippen LogP contribution in [0.15, 0.2) is 18.2 Å². The smallest absolute Gasteiger partial charge is 0.167 e. The molecule has 15 heavy (non-hydrogen) atoms. The number of ketones is 1. The highest BCUT2D eigenvalue weighted by Gasteiger charge is 2.24. The van der Waals surface area contributed by atoms with Crippen molar-refractivity contribution in [2.45, 2.75) is 13.3 Å². The van der Waals surface area contributed by atoms with Crippen LogP contribution in [0.2, 0.25) is 0 Å². The molecule has 0 unspecified atom stereocenters. The van der Waals surface area contributed by atoms with E-state index in [-0.39, 0.29) is 18.3 Å². The first kappa shape index (κ1) is 10.2. The molecule has 0 saturated carbocycles. The van der Waals surface area contributed by atoms with E-state index in [4.69, 9.17) is 9.84 Å². The van der Waals surface area contributed by atoms with E-state index in [1.807, 2.05) is 19.1 Å². The SMILES string of the molecule is Cc1cccc2c1C(=O)C[C@@H](CO)CO2. The van der Waals surface area contributed by atoms with Gasteiger partial charge in [-0.05, 0) is 18.6 Å². The Morgan fingerprint density at radius 2 is 2.33 bits per heavy atom. The molecule has 1 N–H and O–H groups in total. The number of carbonyl (C=O) groups excluding carboxylic acids is 1. The number of Topliss-reactive ketones (excluding diaryl/α,β-unsaturated/α-hetero) is 1. The number of benzene rings is 1. The number of aliphatic hydroxyl groups is 1. The molecule has 1 aliphatic rings. The van der Waals surface area contributed by atoms with Gasteiger partial charge in [-0.3, -0.25) is 4.79 Å². The maximum absolute atomic E-state index is 11.9. The van der Waals surface area contributed by atoms with Gasteiger partial charge in [0.1, 0.15) is 5.75 Å². The summed E-state index contributed by atoms with van der Waals surface area (Å²) >= 11 is 0. The minimum Gasteiger partial charge on any atom is -0.492 e. The molecule has 1 atom stereocenters. The zero-order valence-electron chi connectivity index (χ0n) is 8.69. The summed E-state index contributed by atoms with van der Waals surface area (Å²) in [6, 6.07) is 5.58. The number of fused-ring (bicyclic) bond motifs is 1. The van der Waals surface area contributed by atoms with Crippen molar-refractivity contribution in [1.29, 1.82) is 0 Å². The summed E-state index contributed by atoms with van der Waals surface area (Å²) in [5, 5.41) is 9.05. The number of ether oxygens (including phenoxy) is 1. The molecule has 1 aromatic carbocycles. The van der Waals surface area contributed by atoms with Gasteiger partial charge in [-0.25, -0.2) is 0 Å². The van der Waals surface area contributed by atoms with Gasteiger partial charge in [0.15, 0.2) is 5.78 Å². The Labute approximate surface area is 88.7 Å². The number of hydrogen-bond donors (Lipinski definition) is 1. The van der Waals surface area contributed by atoms with Gasteiger partial charge in [-0.1, -0.05) is 12.1 Å². The second-order valence-corrected chi connectivity index (χ2v) is 3.93. The van der Waals surface area contributed by atoms with Crippen LogP contribution < -0.4 is 4.74 Å². The molecule has 0 amide bonds. The van der Waals surface area contributed by atoms with E-state index < -0.39 is 0 Å². The summed E-state index contributed by atoms with van der Waals surface area (Å²) in [4.78, 5) is 11.9. The minimum absolute atomic E-state index is 0.00121. The first-order valence-corrected chi connectivity index (χ1v) is 5.09.